The third-order valence-electron chi connectivity index (χ3n) is 5.27. The van der Waals surface area contributed by atoms with Gasteiger partial charge in [0.15, 0.2) is 0 Å². The van der Waals surface area contributed by atoms with Crippen molar-refractivity contribution in [2.24, 2.45) is 0 Å². The molecule has 0 amide bonds. The predicted octanol–water partition coefficient (Wildman–Crippen LogP) is 6.83. The lowest BCUT2D eigenvalue weighted by Gasteiger charge is -2.23. The molecule has 0 bridgehead atoms. The molecule has 0 spiro atoms. The Balaban J connectivity index is 2.31. The Morgan fingerprint density at radius 2 is 0.857 bits per heavy atom. The minimum absolute atomic E-state index is 1.08. The lowest BCUT2D eigenvalue weighted by molar-refractivity contribution is -0.870. The van der Waals surface area contributed by atoms with Crippen LogP contribution in [0, 0.1) is 0 Å². The van der Waals surface area contributed by atoms with Crippen LogP contribution < -0.4 is 0 Å². The first kappa shape index (κ1) is 26.1. The van der Waals surface area contributed by atoms with Crippen LogP contribution >= 0.6 is 31.9 Å². The fourth-order valence-corrected chi connectivity index (χ4v) is 4.70. The van der Waals surface area contributed by atoms with Crippen LogP contribution in [-0.4, -0.2) is 64.3 Å². The van der Waals surface area contributed by atoms with Crippen LogP contribution in [0.15, 0.2) is 21.1 Å². The predicted molar refractivity (Wildman–Crippen MR) is 132 cm³/mol. The second-order valence-electron chi connectivity index (χ2n) is 10.4. The molecule has 0 saturated carbocycles. The maximum Gasteiger partial charge on any atom is 0.0780 e. The van der Waals surface area contributed by atoms with Gasteiger partial charge in [-0.1, -0.05) is 44.7 Å². The van der Waals surface area contributed by atoms with E-state index in [1.807, 2.05) is 0 Å². The zero-order chi connectivity index (χ0) is 21.2. The second kappa shape index (κ2) is 12.7. The minimum Gasteiger partial charge on any atom is -0.331 e. The van der Waals surface area contributed by atoms with Crippen LogP contribution in [-0.2, 0) is 12.8 Å². The van der Waals surface area contributed by atoms with Gasteiger partial charge in [-0.2, -0.15) is 0 Å². The van der Waals surface area contributed by atoms with E-state index in [4.69, 9.17) is 0 Å². The zero-order valence-electron chi connectivity index (χ0n) is 19.3. The van der Waals surface area contributed by atoms with Gasteiger partial charge < -0.3 is 8.97 Å². The summed E-state index contributed by atoms with van der Waals surface area (Å²) in [4.78, 5) is 0. The molecule has 1 rings (SSSR count). The Morgan fingerprint density at radius 1 is 0.536 bits per heavy atom. The molecule has 0 aliphatic rings. The van der Waals surface area contributed by atoms with E-state index in [1.165, 1.54) is 97.4 Å². The number of aryl methyl sites for hydroxylation is 2. The third-order valence-corrected chi connectivity index (χ3v) is 6.74. The van der Waals surface area contributed by atoms with E-state index in [0.29, 0.717) is 0 Å². The van der Waals surface area contributed by atoms with Crippen LogP contribution in [0.5, 0.6) is 0 Å². The highest BCUT2D eigenvalue weighted by Crippen LogP contribution is 2.29. The topological polar surface area (TPSA) is 0 Å². The smallest absolute Gasteiger partial charge is 0.0780 e. The fraction of sp³-hybridized carbons (Fsp3) is 0.750. The van der Waals surface area contributed by atoms with Crippen molar-refractivity contribution in [3.8, 4) is 0 Å². The van der Waals surface area contributed by atoms with Gasteiger partial charge in [-0.3, -0.25) is 0 Å². The molecule has 0 atom stereocenters. The van der Waals surface area contributed by atoms with E-state index in [2.05, 4.69) is 86.3 Å². The first-order chi connectivity index (χ1) is 13.0. The highest BCUT2D eigenvalue weighted by Gasteiger charge is 2.09. The standard InChI is InChI=1S/C24H44Br2N2/c1-27(2,3)17-13-9-7-11-15-21-19-24(26)22(20-23(21)25)16-12-8-10-14-18-28(4,5)6/h19-20H,7-18H2,1-6H3/q+2. The molecule has 4 heteroatoms. The van der Waals surface area contributed by atoms with Gasteiger partial charge in [0, 0.05) is 8.95 Å². The lowest BCUT2D eigenvalue weighted by Crippen LogP contribution is -2.35. The average Bonchev–Trinajstić information content (AvgIpc) is 2.55. The van der Waals surface area contributed by atoms with Crippen molar-refractivity contribution in [3.05, 3.63) is 32.2 Å². The Kier molecular flexibility index (Phi) is 11.9. The molecule has 0 aliphatic heterocycles. The first-order valence-electron chi connectivity index (χ1n) is 11.1. The molecular formula is C24H44Br2N2+2. The number of benzene rings is 1. The highest BCUT2D eigenvalue weighted by atomic mass is 79.9. The van der Waals surface area contributed by atoms with E-state index in [-0.39, 0.29) is 0 Å². The minimum atomic E-state index is 1.08. The van der Waals surface area contributed by atoms with Crippen LogP contribution in [0.2, 0.25) is 0 Å². The molecule has 1 aromatic rings. The summed E-state index contributed by atoms with van der Waals surface area (Å²) in [7, 11) is 13.7. The van der Waals surface area contributed by atoms with Crippen LogP contribution in [0.3, 0.4) is 0 Å². The summed E-state index contributed by atoms with van der Waals surface area (Å²) in [6, 6.07) is 4.70. The Hall–Kier alpha value is 0.1000. The molecule has 162 valence electrons. The maximum atomic E-state index is 3.82. The molecule has 0 fully saturated rings. The van der Waals surface area contributed by atoms with Gasteiger partial charge in [0.05, 0.1) is 55.4 Å². The molecule has 28 heavy (non-hydrogen) atoms. The largest absolute Gasteiger partial charge is 0.331 e. The van der Waals surface area contributed by atoms with Crippen molar-refractivity contribution in [3.63, 3.8) is 0 Å². The van der Waals surface area contributed by atoms with Gasteiger partial charge in [0.1, 0.15) is 0 Å². The van der Waals surface area contributed by atoms with Gasteiger partial charge in [-0.05, 0) is 74.6 Å². The van der Waals surface area contributed by atoms with Gasteiger partial charge >= 0.3 is 0 Å². The summed E-state index contributed by atoms with van der Waals surface area (Å²) in [6.45, 7) is 2.55. The van der Waals surface area contributed by atoms with E-state index in [9.17, 15) is 0 Å². The van der Waals surface area contributed by atoms with Gasteiger partial charge in [0.25, 0.3) is 0 Å². The summed E-state index contributed by atoms with van der Waals surface area (Å²) in [5, 5.41) is 0. The number of halogens is 2. The summed E-state index contributed by atoms with van der Waals surface area (Å²) >= 11 is 7.64. The van der Waals surface area contributed by atoms with Crippen molar-refractivity contribution in [1.29, 1.82) is 0 Å². The number of quaternary nitrogens is 2. The molecule has 0 unspecified atom stereocenters. The van der Waals surface area contributed by atoms with Crippen molar-refractivity contribution in [2.45, 2.75) is 64.2 Å². The molecule has 0 aliphatic carbocycles. The van der Waals surface area contributed by atoms with Crippen LogP contribution in [0.25, 0.3) is 0 Å². The summed E-state index contributed by atoms with van der Waals surface area (Å²) in [5.74, 6) is 0. The second-order valence-corrected chi connectivity index (χ2v) is 12.1. The molecular weight excluding hydrogens is 476 g/mol. The molecule has 0 aromatic heterocycles. The van der Waals surface area contributed by atoms with E-state index >= 15 is 0 Å². The van der Waals surface area contributed by atoms with Crippen molar-refractivity contribution >= 4 is 31.9 Å². The first-order valence-corrected chi connectivity index (χ1v) is 12.6. The van der Waals surface area contributed by atoms with Crippen LogP contribution in [0.4, 0.5) is 0 Å². The molecule has 0 saturated heterocycles. The molecule has 2 nitrogen and oxygen atoms in total. The Morgan fingerprint density at radius 3 is 1.18 bits per heavy atom. The van der Waals surface area contributed by atoms with Crippen molar-refractivity contribution < 1.29 is 8.97 Å². The van der Waals surface area contributed by atoms with E-state index in [0.717, 1.165) is 8.97 Å². The summed E-state index contributed by atoms with van der Waals surface area (Å²) < 4.78 is 4.75. The highest BCUT2D eigenvalue weighted by molar-refractivity contribution is 9.11. The average molecular weight is 520 g/mol. The van der Waals surface area contributed by atoms with Gasteiger partial charge in [-0.15, -0.1) is 0 Å². The van der Waals surface area contributed by atoms with E-state index < -0.39 is 0 Å². The Bertz CT molecular complexity index is 519. The number of unbranched alkanes of at least 4 members (excludes halogenated alkanes) is 6. The van der Waals surface area contributed by atoms with Gasteiger partial charge in [-0.25, -0.2) is 0 Å². The molecule has 0 N–H and O–H groups in total. The Labute approximate surface area is 192 Å². The normalized spacial score (nSPS) is 12.6. The fourth-order valence-electron chi connectivity index (χ4n) is 3.52. The summed E-state index contributed by atoms with van der Waals surface area (Å²) in [6.07, 6.45) is 13.0. The molecule has 0 radical (unpaired) electrons. The van der Waals surface area contributed by atoms with Crippen molar-refractivity contribution in [1.82, 2.24) is 0 Å². The SMILES string of the molecule is C[N+](C)(C)CCCCCCc1cc(Br)c(CCCCCC[N+](C)(C)C)cc1Br. The number of rotatable bonds is 14. The lowest BCUT2D eigenvalue weighted by atomic mass is 10.0. The van der Waals surface area contributed by atoms with Gasteiger partial charge in [0.2, 0.25) is 0 Å². The monoisotopic (exact) mass is 518 g/mol. The van der Waals surface area contributed by atoms with Crippen molar-refractivity contribution in [2.75, 3.05) is 55.4 Å². The number of nitrogens with zero attached hydrogens (tertiary/aromatic N) is 2. The zero-order valence-corrected chi connectivity index (χ0v) is 22.5. The third kappa shape index (κ3) is 12.6. The van der Waals surface area contributed by atoms with Crippen LogP contribution in [0.1, 0.15) is 62.5 Å². The quantitative estimate of drug-likeness (QED) is 0.186. The number of hydrogen-bond acceptors (Lipinski definition) is 0. The molecule has 1 aromatic carbocycles. The maximum absolute atomic E-state index is 3.82. The number of hydrogen-bond donors (Lipinski definition) is 0. The van der Waals surface area contributed by atoms with E-state index in [1.54, 1.807) is 0 Å². The summed E-state index contributed by atoms with van der Waals surface area (Å²) in [5.41, 5.74) is 2.90. The molecule has 0 heterocycles.